The summed E-state index contributed by atoms with van der Waals surface area (Å²) in [6.07, 6.45) is -0.693. The minimum atomic E-state index is -1.36. The van der Waals surface area contributed by atoms with Crippen molar-refractivity contribution in [2.75, 3.05) is 0 Å². The summed E-state index contributed by atoms with van der Waals surface area (Å²) in [5, 5.41) is 13.6. The van der Waals surface area contributed by atoms with Crippen LogP contribution in [0.3, 0.4) is 0 Å². The van der Waals surface area contributed by atoms with Crippen LogP contribution in [0.4, 0.5) is 4.79 Å². The monoisotopic (exact) mass is 359 g/mol. The van der Waals surface area contributed by atoms with Crippen LogP contribution in [-0.2, 0) is 16.0 Å². The standard InChI is InChI=1S/C18H27NO5.Na/c1-17(2,3)23-13-9-7-12(8-10-13)11-14(15(20)21)19-16(22)24-18(4,5)6;/h7-10,14H,11H2,1-6H3,(H,19,22)(H,20,21);/q;+1/p-1/t14-;/m0./s1. The minimum absolute atomic E-state index is 0. The zero-order valence-corrected chi connectivity index (χ0v) is 18.1. The first-order valence-electron chi connectivity index (χ1n) is 7.84. The Morgan fingerprint density at radius 3 is 1.96 bits per heavy atom. The van der Waals surface area contributed by atoms with Crippen LogP contribution in [0.2, 0.25) is 0 Å². The molecule has 0 aliphatic rings. The first kappa shape index (κ1) is 23.8. The molecular weight excluding hydrogens is 333 g/mol. The molecule has 134 valence electrons. The molecule has 1 aromatic carbocycles. The maximum Gasteiger partial charge on any atom is 1.00 e. The summed E-state index contributed by atoms with van der Waals surface area (Å²) in [5.41, 5.74) is -0.277. The van der Waals surface area contributed by atoms with Gasteiger partial charge in [0.15, 0.2) is 0 Å². The van der Waals surface area contributed by atoms with Gasteiger partial charge < -0.3 is 24.7 Å². The molecule has 0 heterocycles. The Hall–Kier alpha value is -1.24. The molecule has 0 saturated heterocycles. The van der Waals surface area contributed by atoms with Crippen molar-refractivity contribution in [2.24, 2.45) is 0 Å². The molecule has 0 spiro atoms. The quantitative estimate of drug-likeness (QED) is 0.685. The number of nitrogens with one attached hydrogen (secondary N) is 1. The number of carboxylic acids is 1. The van der Waals surface area contributed by atoms with E-state index in [4.69, 9.17) is 9.47 Å². The summed E-state index contributed by atoms with van der Waals surface area (Å²) < 4.78 is 10.8. The number of ether oxygens (including phenoxy) is 2. The molecule has 0 bridgehead atoms. The zero-order valence-electron chi connectivity index (χ0n) is 16.1. The number of amides is 1. The Bertz CT molecular complexity index is 573. The van der Waals surface area contributed by atoms with Crippen molar-refractivity contribution in [3.05, 3.63) is 29.8 Å². The van der Waals surface area contributed by atoms with Crippen molar-refractivity contribution < 1.29 is 53.7 Å². The van der Waals surface area contributed by atoms with Gasteiger partial charge in [-0.05, 0) is 65.7 Å². The topological polar surface area (TPSA) is 87.7 Å². The van der Waals surface area contributed by atoms with Crippen LogP contribution in [0.5, 0.6) is 5.75 Å². The molecule has 0 saturated carbocycles. The second kappa shape index (κ2) is 9.46. The van der Waals surface area contributed by atoms with Crippen LogP contribution < -0.4 is 44.7 Å². The normalized spacial score (nSPS) is 12.6. The fourth-order valence-electron chi connectivity index (χ4n) is 1.93. The Labute approximate surface area is 171 Å². The van der Waals surface area contributed by atoms with E-state index >= 15 is 0 Å². The van der Waals surface area contributed by atoms with Gasteiger partial charge in [-0.25, -0.2) is 4.79 Å². The molecule has 1 amide bonds. The van der Waals surface area contributed by atoms with Crippen LogP contribution in [-0.4, -0.2) is 29.3 Å². The van der Waals surface area contributed by atoms with E-state index in [1.807, 2.05) is 20.8 Å². The summed E-state index contributed by atoms with van der Waals surface area (Å²) in [5.74, 6) is -0.674. The van der Waals surface area contributed by atoms with Gasteiger partial charge in [-0.15, -0.1) is 0 Å². The predicted molar refractivity (Wildman–Crippen MR) is 88.7 cm³/mol. The number of alkyl carbamates (subject to hydrolysis) is 1. The largest absolute Gasteiger partial charge is 1.00 e. The van der Waals surface area contributed by atoms with Crippen LogP contribution in [0.15, 0.2) is 24.3 Å². The molecule has 1 N–H and O–H groups in total. The molecule has 25 heavy (non-hydrogen) atoms. The molecule has 0 fully saturated rings. The SMILES string of the molecule is CC(C)(C)OC(=O)N[C@@H](Cc1ccc(OC(C)(C)C)cc1)C(=O)[O-].[Na+]. The first-order valence-corrected chi connectivity index (χ1v) is 7.84. The maximum absolute atomic E-state index is 11.7. The minimum Gasteiger partial charge on any atom is -0.548 e. The van der Waals surface area contributed by atoms with Crippen LogP contribution in [0, 0.1) is 0 Å². The number of carboxylic acid groups (broad SMARTS) is 1. The van der Waals surface area contributed by atoms with Crippen LogP contribution in [0.25, 0.3) is 0 Å². The average Bonchev–Trinajstić information content (AvgIpc) is 2.36. The van der Waals surface area contributed by atoms with Crippen molar-refractivity contribution in [1.29, 1.82) is 0 Å². The summed E-state index contributed by atoms with van der Waals surface area (Å²) in [6.45, 7) is 10.9. The van der Waals surface area contributed by atoms with Gasteiger partial charge >= 0.3 is 35.7 Å². The van der Waals surface area contributed by atoms with Gasteiger partial charge in [-0.3, -0.25) is 0 Å². The average molecular weight is 359 g/mol. The van der Waals surface area contributed by atoms with Gasteiger partial charge in [0.25, 0.3) is 0 Å². The van der Waals surface area contributed by atoms with E-state index in [9.17, 15) is 14.7 Å². The zero-order chi connectivity index (χ0) is 18.5. The van der Waals surface area contributed by atoms with Crippen LogP contribution in [0.1, 0.15) is 47.1 Å². The molecule has 0 aromatic heterocycles. The van der Waals surface area contributed by atoms with Crippen molar-refractivity contribution in [1.82, 2.24) is 5.32 Å². The number of rotatable bonds is 5. The van der Waals surface area contributed by atoms with E-state index in [1.54, 1.807) is 45.0 Å². The Morgan fingerprint density at radius 1 is 1.04 bits per heavy atom. The van der Waals surface area contributed by atoms with Gasteiger partial charge in [0.05, 0.1) is 12.0 Å². The Kier molecular flexibility index (Phi) is 8.99. The number of hydrogen-bond acceptors (Lipinski definition) is 5. The van der Waals surface area contributed by atoms with E-state index in [2.05, 4.69) is 5.32 Å². The van der Waals surface area contributed by atoms with E-state index in [0.717, 1.165) is 5.56 Å². The third-order valence-electron chi connectivity index (χ3n) is 2.76. The summed E-state index contributed by atoms with van der Waals surface area (Å²) in [7, 11) is 0. The summed E-state index contributed by atoms with van der Waals surface area (Å²) >= 11 is 0. The summed E-state index contributed by atoms with van der Waals surface area (Å²) in [4.78, 5) is 23.0. The van der Waals surface area contributed by atoms with Crippen molar-refractivity contribution in [3.63, 3.8) is 0 Å². The van der Waals surface area contributed by atoms with Gasteiger partial charge in [0, 0.05) is 0 Å². The third kappa shape index (κ3) is 10.4. The molecule has 7 heteroatoms. The van der Waals surface area contributed by atoms with Crippen molar-refractivity contribution in [3.8, 4) is 5.75 Å². The molecule has 0 unspecified atom stereocenters. The van der Waals surface area contributed by atoms with Gasteiger partial charge in [-0.2, -0.15) is 0 Å². The first-order chi connectivity index (χ1) is 10.9. The fourth-order valence-corrected chi connectivity index (χ4v) is 1.93. The molecular formula is C18H26NNaO5. The second-order valence-corrected chi connectivity index (χ2v) is 7.58. The molecule has 1 atom stereocenters. The molecule has 1 rings (SSSR count). The number of aliphatic carboxylic acids is 1. The van der Waals surface area contributed by atoms with Crippen molar-refractivity contribution >= 4 is 12.1 Å². The molecule has 0 aliphatic heterocycles. The molecule has 1 aromatic rings. The number of benzene rings is 1. The van der Waals surface area contributed by atoms with Gasteiger partial charge in [-0.1, -0.05) is 12.1 Å². The smallest absolute Gasteiger partial charge is 0.548 e. The van der Waals surface area contributed by atoms with E-state index in [0.29, 0.717) is 5.75 Å². The number of carbonyl (C=O) groups is 2. The maximum atomic E-state index is 11.7. The van der Waals surface area contributed by atoms with Gasteiger partial charge in [0.1, 0.15) is 17.0 Å². The van der Waals surface area contributed by atoms with Crippen molar-refractivity contribution in [2.45, 2.75) is 65.2 Å². The Balaban J connectivity index is 0.00000576. The van der Waals surface area contributed by atoms with Crippen LogP contribution >= 0.6 is 0 Å². The third-order valence-corrected chi connectivity index (χ3v) is 2.76. The van der Waals surface area contributed by atoms with E-state index in [-0.39, 0.29) is 41.6 Å². The van der Waals surface area contributed by atoms with Gasteiger partial charge in [0.2, 0.25) is 0 Å². The fraction of sp³-hybridized carbons (Fsp3) is 0.556. The predicted octanol–water partition coefficient (Wildman–Crippen LogP) is -0.946. The Morgan fingerprint density at radius 2 is 1.56 bits per heavy atom. The second-order valence-electron chi connectivity index (χ2n) is 7.58. The number of carbonyl (C=O) groups excluding carboxylic acids is 2. The molecule has 0 aliphatic carbocycles. The molecule has 6 nitrogen and oxygen atoms in total. The van der Waals surface area contributed by atoms with E-state index in [1.165, 1.54) is 0 Å². The molecule has 0 radical (unpaired) electrons. The summed E-state index contributed by atoms with van der Waals surface area (Å²) in [6, 6.07) is 5.87. The van der Waals surface area contributed by atoms with E-state index < -0.39 is 23.7 Å². The number of hydrogen-bond donors (Lipinski definition) is 1.